The van der Waals surface area contributed by atoms with Crippen LogP contribution < -0.4 is 16.6 Å². The highest BCUT2D eigenvalue weighted by atomic mass is 79.9. The van der Waals surface area contributed by atoms with Crippen LogP contribution in [0.5, 0.6) is 0 Å². The summed E-state index contributed by atoms with van der Waals surface area (Å²) in [4.78, 5) is 7.95. The van der Waals surface area contributed by atoms with Crippen LogP contribution in [0.3, 0.4) is 0 Å². The minimum Gasteiger partial charge on any atom is -0.393 e. The SMILES string of the molecule is CC(O)CCNc1ncnc(NN)c1Br. The number of nitrogens with zero attached hydrogens (tertiary/aromatic N) is 2. The molecule has 0 aromatic carbocycles. The Morgan fingerprint density at radius 1 is 1.53 bits per heavy atom. The van der Waals surface area contributed by atoms with Crippen LogP contribution in [-0.4, -0.2) is 27.7 Å². The molecule has 1 heterocycles. The molecule has 7 heteroatoms. The molecule has 1 atom stereocenters. The highest BCUT2D eigenvalue weighted by Gasteiger charge is 2.06. The van der Waals surface area contributed by atoms with Crippen LogP contribution in [0, 0.1) is 0 Å². The first kappa shape index (κ1) is 12.2. The van der Waals surface area contributed by atoms with Crippen LogP contribution in [0.4, 0.5) is 11.6 Å². The van der Waals surface area contributed by atoms with Gasteiger partial charge >= 0.3 is 0 Å². The van der Waals surface area contributed by atoms with E-state index in [2.05, 4.69) is 36.6 Å². The molecule has 1 aromatic rings. The zero-order valence-electron chi connectivity index (χ0n) is 8.37. The summed E-state index contributed by atoms with van der Waals surface area (Å²) in [7, 11) is 0. The number of hydrazine groups is 1. The van der Waals surface area contributed by atoms with E-state index in [4.69, 9.17) is 10.9 Å². The average Bonchev–Trinajstić information content (AvgIpc) is 2.20. The summed E-state index contributed by atoms with van der Waals surface area (Å²) in [6.07, 6.45) is 1.73. The second kappa shape index (κ2) is 5.84. The number of hydrogen-bond donors (Lipinski definition) is 4. The van der Waals surface area contributed by atoms with E-state index in [1.807, 2.05) is 0 Å². The summed E-state index contributed by atoms with van der Waals surface area (Å²) in [6.45, 7) is 2.38. The first-order chi connectivity index (χ1) is 7.15. The van der Waals surface area contributed by atoms with E-state index in [1.54, 1.807) is 6.92 Å². The Morgan fingerprint density at radius 3 is 2.80 bits per heavy atom. The van der Waals surface area contributed by atoms with Gasteiger partial charge in [-0.2, -0.15) is 0 Å². The fourth-order valence-corrected chi connectivity index (χ4v) is 1.45. The molecule has 0 amide bonds. The van der Waals surface area contributed by atoms with Crippen molar-refractivity contribution in [3.05, 3.63) is 10.8 Å². The van der Waals surface area contributed by atoms with Crippen molar-refractivity contribution in [2.75, 3.05) is 17.3 Å². The van der Waals surface area contributed by atoms with Crippen LogP contribution in [0.1, 0.15) is 13.3 Å². The number of nitrogens with one attached hydrogen (secondary N) is 2. The zero-order chi connectivity index (χ0) is 11.3. The van der Waals surface area contributed by atoms with Gasteiger partial charge in [-0.1, -0.05) is 0 Å². The van der Waals surface area contributed by atoms with Crippen molar-refractivity contribution in [1.82, 2.24) is 9.97 Å². The molecule has 1 aromatic heterocycles. The van der Waals surface area contributed by atoms with Crippen LogP contribution >= 0.6 is 15.9 Å². The summed E-state index contributed by atoms with van der Waals surface area (Å²) in [6, 6.07) is 0. The van der Waals surface area contributed by atoms with Gasteiger partial charge in [0.05, 0.1) is 6.10 Å². The van der Waals surface area contributed by atoms with Gasteiger partial charge in [0.1, 0.15) is 16.6 Å². The lowest BCUT2D eigenvalue weighted by Gasteiger charge is -2.10. The van der Waals surface area contributed by atoms with E-state index in [0.717, 1.165) is 0 Å². The maximum atomic E-state index is 9.08. The lowest BCUT2D eigenvalue weighted by Crippen LogP contribution is -2.13. The van der Waals surface area contributed by atoms with E-state index in [0.29, 0.717) is 29.1 Å². The smallest absolute Gasteiger partial charge is 0.159 e. The lowest BCUT2D eigenvalue weighted by atomic mass is 10.3. The fraction of sp³-hybridized carbons (Fsp3) is 0.500. The first-order valence-corrected chi connectivity index (χ1v) is 5.33. The molecule has 84 valence electrons. The third kappa shape index (κ3) is 3.61. The molecule has 0 aliphatic heterocycles. The average molecular weight is 276 g/mol. The summed E-state index contributed by atoms with van der Waals surface area (Å²) < 4.78 is 0.679. The predicted octanol–water partition coefficient (Wildman–Crippen LogP) is 0.708. The Hall–Kier alpha value is -0.920. The number of nitrogens with two attached hydrogens (primary N) is 1. The Kier molecular flexibility index (Phi) is 4.73. The third-order valence-corrected chi connectivity index (χ3v) is 2.53. The second-order valence-electron chi connectivity index (χ2n) is 3.09. The first-order valence-electron chi connectivity index (χ1n) is 4.54. The minimum absolute atomic E-state index is 0.329. The molecular formula is C8H14BrN5O. The Labute approximate surface area is 96.4 Å². The highest BCUT2D eigenvalue weighted by molar-refractivity contribution is 9.10. The number of aromatic nitrogens is 2. The molecular weight excluding hydrogens is 262 g/mol. The standard InChI is InChI=1S/C8H14BrN5O/c1-5(15)2-3-11-7-6(9)8(14-10)13-4-12-7/h4-5,15H,2-3,10H2,1H3,(H2,11,12,13,14). The van der Waals surface area contributed by atoms with Crippen molar-refractivity contribution in [2.45, 2.75) is 19.4 Å². The number of anilines is 2. The van der Waals surface area contributed by atoms with Gasteiger partial charge < -0.3 is 15.8 Å². The van der Waals surface area contributed by atoms with Crippen molar-refractivity contribution >= 4 is 27.6 Å². The number of halogens is 1. The fourth-order valence-electron chi connectivity index (χ4n) is 0.993. The highest BCUT2D eigenvalue weighted by Crippen LogP contribution is 2.25. The summed E-state index contributed by atoms with van der Waals surface area (Å²) in [5.74, 6) is 6.43. The minimum atomic E-state index is -0.329. The largest absolute Gasteiger partial charge is 0.393 e. The normalized spacial score (nSPS) is 12.3. The monoisotopic (exact) mass is 275 g/mol. The Balaban J connectivity index is 2.61. The summed E-state index contributed by atoms with van der Waals surface area (Å²) in [5.41, 5.74) is 2.45. The molecule has 0 aliphatic carbocycles. The molecule has 0 spiro atoms. The quantitative estimate of drug-likeness (QED) is 0.467. The third-order valence-electron chi connectivity index (χ3n) is 1.78. The van der Waals surface area contributed by atoms with E-state index < -0.39 is 0 Å². The van der Waals surface area contributed by atoms with Gasteiger partial charge in [0.2, 0.25) is 0 Å². The number of aliphatic hydroxyl groups is 1. The van der Waals surface area contributed by atoms with Crippen molar-refractivity contribution in [3.8, 4) is 0 Å². The van der Waals surface area contributed by atoms with Gasteiger partial charge in [-0.3, -0.25) is 0 Å². The Morgan fingerprint density at radius 2 is 2.20 bits per heavy atom. The molecule has 0 bridgehead atoms. The molecule has 6 nitrogen and oxygen atoms in total. The number of nitrogen functional groups attached to an aromatic ring is 1. The topological polar surface area (TPSA) is 96.1 Å². The zero-order valence-corrected chi connectivity index (χ0v) is 9.95. The molecule has 1 unspecified atom stereocenters. The van der Waals surface area contributed by atoms with Crippen molar-refractivity contribution in [2.24, 2.45) is 5.84 Å². The van der Waals surface area contributed by atoms with Gasteiger partial charge in [-0.15, -0.1) is 0 Å². The maximum absolute atomic E-state index is 9.08. The van der Waals surface area contributed by atoms with E-state index in [-0.39, 0.29) is 6.10 Å². The molecule has 1 rings (SSSR count). The van der Waals surface area contributed by atoms with Crippen LogP contribution in [0.25, 0.3) is 0 Å². The van der Waals surface area contributed by atoms with Crippen LogP contribution in [0.15, 0.2) is 10.8 Å². The van der Waals surface area contributed by atoms with Crippen molar-refractivity contribution < 1.29 is 5.11 Å². The summed E-state index contributed by atoms with van der Waals surface area (Å²) >= 11 is 3.32. The number of rotatable bonds is 5. The number of aliphatic hydroxyl groups excluding tert-OH is 1. The molecule has 0 saturated carbocycles. The van der Waals surface area contributed by atoms with E-state index in [1.165, 1.54) is 6.33 Å². The summed E-state index contributed by atoms with van der Waals surface area (Å²) in [5, 5.41) is 12.1. The molecule has 0 saturated heterocycles. The molecule has 15 heavy (non-hydrogen) atoms. The van der Waals surface area contributed by atoms with Crippen LogP contribution in [0.2, 0.25) is 0 Å². The van der Waals surface area contributed by atoms with Gasteiger partial charge in [-0.25, -0.2) is 15.8 Å². The molecule has 0 radical (unpaired) electrons. The molecule has 0 aliphatic rings. The van der Waals surface area contributed by atoms with Crippen molar-refractivity contribution in [1.29, 1.82) is 0 Å². The van der Waals surface area contributed by atoms with Crippen LogP contribution in [-0.2, 0) is 0 Å². The lowest BCUT2D eigenvalue weighted by molar-refractivity contribution is 0.188. The second-order valence-corrected chi connectivity index (χ2v) is 3.89. The Bertz CT molecular complexity index is 320. The van der Waals surface area contributed by atoms with Gasteiger partial charge in [0, 0.05) is 6.54 Å². The van der Waals surface area contributed by atoms with Gasteiger partial charge in [0.15, 0.2) is 5.82 Å². The van der Waals surface area contributed by atoms with Crippen molar-refractivity contribution in [3.63, 3.8) is 0 Å². The number of hydrogen-bond acceptors (Lipinski definition) is 6. The molecule has 0 fully saturated rings. The van der Waals surface area contributed by atoms with Gasteiger partial charge in [-0.05, 0) is 29.3 Å². The predicted molar refractivity (Wildman–Crippen MR) is 62.3 cm³/mol. The van der Waals surface area contributed by atoms with Gasteiger partial charge in [0.25, 0.3) is 0 Å². The molecule has 5 N–H and O–H groups in total. The maximum Gasteiger partial charge on any atom is 0.159 e. The van der Waals surface area contributed by atoms with E-state index >= 15 is 0 Å². The van der Waals surface area contributed by atoms with E-state index in [9.17, 15) is 0 Å².